The molecule has 2 atom stereocenters. The molecule has 0 saturated carbocycles. The Hall–Kier alpha value is -0.160. The summed E-state index contributed by atoms with van der Waals surface area (Å²) in [6, 6.07) is 0.418. The minimum Gasteiger partial charge on any atom is -0.378 e. The van der Waals surface area contributed by atoms with Crippen LogP contribution >= 0.6 is 0 Å². The molecule has 1 fully saturated rings. The van der Waals surface area contributed by atoms with E-state index in [1.807, 2.05) is 0 Å². The van der Waals surface area contributed by atoms with Crippen LogP contribution in [-0.2, 0) is 14.2 Å². The smallest absolute Gasteiger partial charge is 0.0726 e. The van der Waals surface area contributed by atoms with Gasteiger partial charge in [0.2, 0.25) is 0 Å². The minimum atomic E-state index is -0.0735. The molecule has 1 aliphatic rings. The fourth-order valence-corrected chi connectivity index (χ4v) is 2.00. The summed E-state index contributed by atoms with van der Waals surface area (Å²) in [5.41, 5.74) is -0.0735. The second-order valence-electron chi connectivity index (χ2n) is 5.87. The second kappa shape index (κ2) is 8.10. The summed E-state index contributed by atoms with van der Waals surface area (Å²) >= 11 is 0. The molecule has 4 heteroatoms. The number of hydrogen-bond acceptors (Lipinski definition) is 4. The highest BCUT2D eigenvalue weighted by Crippen LogP contribution is 2.15. The molecule has 0 spiro atoms. The van der Waals surface area contributed by atoms with Crippen LogP contribution in [0.1, 0.15) is 40.5 Å². The normalized spacial score (nSPS) is 22.3. The van der Waals surface area contributed by atoms with Gasteiger partial charge in [-0.15, -0.1) is 0 Å². The number of ether oxygens (including phenoxy) is 3. The van der Waals surface area contributed by atoms with Gasteiger partial charge < -0.3 is 19.5 Å². The topological polar surface area (TPSA) is 39.7 Å². The summed E-state index contributed by atoms with van der Waals surface area (Å²) in [5.74, 6) is 0. The van der Waals surface area contributed by atoms with Crippen LogP contribution in [-0.4, -0.2) is 50.7 Å². The van der Waals surface area contributed by atoms with Crippen molar-refractivity contribution in [2.75, 3.05) is 33.0 Å². The highest BCUT2D eigenvalue weighted by molar-refractivity contribution is 4.76. The van der Waals surface area contributed by atoms with Crippen LogP contribution in [0.5, 0.6) is 0 Å². The first-order valence-electron chi connectivity index (χ1n) is 7.06. The summed E-state index contributed by atoms with van der Waals surface area (Å²) in [7, 11) is 0. The SMILES string of the molecule is CC(NCCOCCOC(C)(C)C)C1CCCO1. The molecule has 2 unspecified atom stereocenters. The molecular weight excluding hydrogens is 230 g/mol. The first-order valence-corrected chi connectivity index (χ1v) is 7.06. The Labute approximate surface area is 111 Å². The Morgan fingerprint density at radius 3 is 2.67 bits per heavy atom. The maximum absolute atomic E-state index is 5.62. The molecule has 1 aliphatic heterocycles. The van der Waals surface area contributed by atoms with E-state index in [4.69, 9.17) is 14.2 Å². The summed E-state index contributed by atoms with van der Waals surface area (Å²) in [6.45, 7) is 12.2. The third kappa shape index (κ3) is 7.31. The number of hydrogen-bond donors (Lipinski definition) is 1. The zero-order valence-electron chi connectivity index (χ0n) is 12.3. The second-order valence-corrected chi connectivity index (χ2v) is 5.87. The lowest BCUT2D eigenvalue weighted by molar-refractivity contribution is -0.0347. The predicted octanol–water partition coefficient (Wildman–Crippen LogP) is 1.98. The molecule has 1 N–H and O–H groups in total. The molecule has 1 heterocycles. The number of rotatable bonds is 8. The Balaban J connectivity index is 1.89. The van der Waals surface area contributed by atoms with Crippen LogP contribution in [0.3, 0.4) is 0 Å². The van der Waals surface area contributed by atoms with Crippen LogP contribution in [0, 0.1) is 0 Å². The van der Waals surface area contributed by atoms with Gasteiger partial charge in [0.05, 0.1) is 31.5 Å². The molecule has 0 radical (unpaired) electrons. The van der Waals surface area contributed by atoms with E-state index in [-0.39, 0.29) is 5.60 Å². The highest BCUT2D eigenvalue weighted by atomic mass is 16.5. The fourth-order valence-electron chi connectivity index (χ4n) is 2.00. The van der Waals surface area contributed by atoms with Crippen LogP contribution in [0.25, 0.3) is 0 Å². The molecule has 0 aromatic carbocycles. The molecule has 1 saturated heterocycles. The lowest BCUT2D eigenvalue weighted by atomic mass is 10.1. The molecular formula is C14H29NO3. The summed E-state index contributed by atoms with van der Waals surface area (Å²) in [4.78, 5) is 0. The van der Waals surface area contributed by atoms with Gasteiger partial charge in [0, 0.05) is 19.2 Å². The third-order valence-corrected chi connectivity index (χ3v) is 3.00. The van der Waals surface area contributed by atoms with E-state index in [1.165, 1.54) is 12.8 Å². The van der Waals surface area contributed by atoms with Crippen molar-refractivity contribution in [3.05, 3.63) is 0 Å². The highest BCUT2D eigenvalue weighted by Gasteiger charge is 2.21. The van der Waals surface area contributed by atoms with Gasteiger partial charge in [0.1, 0.15) is 0 Å². The fraction of sp³-hybridized carbons (Fsp3) is 1.00. The van der Waals surface area contributed by atoms with Crippen LogP contribution in [0.2, 0.25) is 0 Å². The van der Waals surface area contributed by atoms with E-state index in [0.29, 0.717) is 25.4 Å². The van der Waals surface area contributed by atoms with Crippen molar-refractivity contribution in [2.45, 2.75) is 58.3 Å². The largest absolute Gasteiger partial charge is 0.378 e. The van der Waals surface area contributed by atoms with Gasteiger partial charge in [-0.05, 0) is 40.5 Å². The summed E-state index contributed by atoms with van der Waals surface area (Å²) < 4.78 is 16.7. The van der Waals surface area contributed by atoms with Gasteiger partial charge >= 0.3 is 0 Å². The van der Waals surface area contributed by atoms with E-state index in [0.717, 1.165) is 19.8 Å². The molecule has 0 aromatic rings. The molecule has 0 aliphatic carbocycles. The number of nitrogens with one attached hydrogen (secondary N) is 1. The predicted molar refractivity (Wildman–Crippen MR) is 73.0 cm³/mol. The van der Waals surface area contributed by atoms with Gasteiger partial charge in [-0.1, -0.05) is 0 Å². The minimum absolute atomic E-state index is 0.0735. The zero-order chi connectivity index (χ0) is 13.4. The Morgan fingerprint density at radius 1 is 1.28 bits per heavy atom. The van der Waals surface area contributed by atoms with Crippen molar-refractivity contribution in [1.82, 2.24) is 5.32 Å². The van der Waals surface area contributed by atoms with E-state index in [2.05, 4.69) is 33.0 Å². The third-order valence-electron chi connectivity index (χ3n) is 3.00. The molecule has 0 aromatic heterocycles. The van der Waals surface area contributed by atoms with E-state index < -0.39 is 0 Å². The summed E-state index contributed by atoms with van der Waals surface area (Å²) in [6.07, 6.45) is 2.75. The van der Waals surface area contributed by atoms with Gasteiger partial charge in [0.25, 0.3) is 0 Å². The Kier molecular flexibility index (Phi) is 7.15. The lowest BCUT2D eigenvalue weighted by Crippen LogP contribution is -2.38. The molecule has 4 nitrogen and oxygen atoms in total. The average molecular weight is 259 g/mol. The zero-order valence-corrected chi connectivity index (χ0v) is 12.3. The van der Waals surface area contributed by atoms with Crippen molar-refractivity contribution < 1.29 is 14.2 Å². The lowest BCUT2D eigenvalue weighted by Gasteiger charge is -2.21. The van der Waals surface area contributed by atoms with Crippen molar-refractivity contribution >= 4 is 0 Å². The van der Waals surface area contributed by atoms with Crippen LogP contribution < -0.4 is 5.32 Å². The van der Waals surface area contributed by atoms with E-state index in [1.54, 1.807) is 0 Å². The van der Waals surface area contributed by atoms with Crippen molar-refractivity contribution in [3.63, 3.8) is 0 Å². The van der Waals surface area contributed by atoms with Gasteiger partial charge in [0.15, 0.2) is 0 Å². The first kappa shape index (κ1) is 15.9. The monoisotopic (exact) mass is 259 g/mol. The molecule has 1 rings (SSSR count). The molecule has 108 valence electrons. The quantitative estimate of drug-likeness (QED) is 0.677. The molecule has 18 heavy (non-hydrogen) atoms. The van der Waals surface area contributed by atoms with E-state index in [9.17, 15) is 0 Å². The van der Waals surface area contributed by atoms with Gasteiger partial charge in [-0.25, -0.2) is 0 Å². The van der Waals surface area contributed by atoms with Crippen molar-refractivity contribution in [3.8, 4) is 0 Å². The van der Waals surface area contributed by atoms with Gasteiger partial charge in [-0.2, -0.15) is 0 Å². The maximum Gasteiger partial charge on any atom is 0.0726 e. The average Bonchev–Trinajstić information content (AvgIpc) is 2.79. The molecule has 0 amide bonds. The van der Waals surface area contributed by atoms with Crippen molar-refractivity contribution in [1.29, 1.82) is 0 Å². The molecule has 0 bridgehead atoms. The van der Waals surface area contributed by atoms with E-state index >= 15 is 0 Å². The van der Waals surface area contributed by atoms with Crippen LogP contribution in [0.4, 0.5) is 0 Å². The van der Waals surface area contributed by atoms with Crippen molar-refractivity contribution in [2.24, 2.45) is 0 Å². The summed E-state index contributed by atoms with van der Waals surface area (Å²) in [5, 5.41) is 3.44. The maximum atomic E-state index is 5.62. The Morgan fingerprint density at radius 2 is 2.06 bits per heavy atom. The Bertz CT molecular complexity index is 210. The van der Waals surface area contributed by atoms with Gasteiger partial charge in [-0.3, -0.25) is 0 Å². The van der Waals surface area contributed by atoms with Crippen LogP contribution in [0.15, 0.2) is 0 Å². The first-order chi connectivity index (χ1) is 8.49. The standard InChI is InChI=1S/C14H29NO3/c1-12(13-6-5-8-17-13)15-7-9-16-10-11-18-14(2,3)4/h12-13,15H,5-11H2,1-4H3.